The van der Waals surface area contributed by atoms with E-state index in [2.05, 4.69) is 43.3 Å². The van der Waals surface area contributed by atoms with Gasteiger partial charge in [0.1, 0.15) is 0 Å². The molecule has 0 heteroatoms. The molecule has 0 nitrogen and oxygen atoms in total. The Balaban J connectivity index is 1.45. The zero-order valence-electron chi connectivity index (χ0n) is 15.8. The highest BCUT2D eigenvalue weighted by molar-refractivity contribution is 5.34. The fraction of sp³-hybridized carbons (Fsp3) is 0.600. The number of aryl methyl sites for hydroxylation is 1. The van der Waals surface area contributed by atoms with Gasteiger partial charge in [0.05, 0.1) is 0 Å². The predicted molar refractivity (Wildman–Crippen MR) is 106 cm³/mol. The summed E-state index contributed by atoms with van der Waals surface area (Å²) in [6.45, 7) is 2.20. The lowest BCUT2D eigenvalue weighted by Gasteiger charge is -2.49. The quantitative estimate of drug-likeness (QED) is 0.523. The Hall–Kier alpha value is -1.30. The molecule has 0 aromatic heterocycles. The summed E-state index contributed by atoms with van der Waals surface area (Å²) in [7, 11) is 0. The van der Waals surface area contributed by atoms with Crippen molar-refractivity contribution < 1.29 is 0 Å². The first-order valence-corrected chi connectivity index (χ1v) is 10.7. The maximum Gasteiger partial charge on any atom is 0.000991 e. The molecule has 4 aliphatic carbocycles. The first-order chi connectivity index (χ1) is 12.3. The van der Waals surface area contributed by atoms with E-state index in [0.29, 0.717) is 5.41 Å². The van der Waals surface area contributed by atoms with Gasteiger partial charge in [0.25, 0.3) is 0 Å². The lowest BCUT2D eigenvalue weighted by molar-refractivity contribution is 0.126. The molecule has 0 saturated heterocycles. The SMILES string of the molecule is Cc1ccc(C[C@]23CC=C4[C@H]5CCCCC5=CC[C@H]4[C@@H]2CCC3)cc1. The van der Waals surface area contributed by atoms with E-state index in [-0.39, 0.29) is 0 Å². The molecule has 0 radical (unpaired) electrons. The molecule has 4 atom stereocenters. The topological polar surface area (TPSA) is 0 Å². The van der Waals surface area contributed by atoms with Gasteiger partial charge < -0.3 is 0 Å². The summed E-state index contributed by atoms with van der Waals surface area (Å²) >= 11 is 0. The van der Waals surface area contributed by atoms with E-state index in [9.17, 15) is 0 Å². The molecule has 132 valence electrons. The third-order valence-electron chi connectivity index (χ3n) is 8.00. The number of allylic oxidation sites excluding steroid dienone is 4. The molecule has 0 bridgehead atoms. The van der Waals surface area contributed by atoms with Gasteiger partial charge in [-0.15, -0.1) is 0 Å². The van der Waals surface area contributed by atoms with E-state index in [1.807, 2.05) is 5.57 Å². The molecule has 0 heterocycles. The fourth-order valence-corrected chi connectivity index (χ4v) is 6.80. The van der Waals surface area contributed by atoms with Gasteiger partial charge in [-0.2, -0.15) is 0 Å². The van der Waals surface area contributed by atoms with Gasteiger partial charge in [0, 0.05) is 5.92 Å². The Morgan fingerprint density at radius 3 is 2.76 bits per heavy atom. The number of hydrogen-bond acceptors (Lipinski definition) is 0. The van der Waals surface area contributed by atoms with Gasteiger partial charge in [-0.3, -0.25) is 0 Å². The summed E-state index contributed by atoms with van der Waals surface area (Å²) in [6, 6.07) is 9.38. The van der Waals surface area contributed by atoms with Crippen LogP contribution < -0.4 is 0 Å². The highest BCUT2D eigenvalue weighted by Crippen LogP contribution is 2.60. The summed E-state index contributed by atoms with van der Waals surface area (Å²) in [6.07, 6.45) is 19.5. The van der Waals surface area contributed by atoms with Crippen LogP contribution in [0.2, 0.25) is 0 Å². The Bertz CT molecular complexity index is 704. The van der Waals surface area contributed by atoms with Crippen molar-refractivity contribution in [1.29, 1.82) is 0 Å². The number of hydrogen-bond donors (Lipinski definition) is 0. The largest absolute Gasteiger partial charge is 0.0841 e. The van der Waals surface area contributed by atoms with Crippen molar-refractivity contribution >= 4 is 0 Å². The molecule has 5 rings (SSSR count). The monoisotopic (exact) mass is 332 g/mol. The van der Waals surface area contributed by atoms with E-state index >= 15 is 0 Å². The Labute approximate surface area is 153 Å². The molecule has 2 saturated carbocycles. The standard InChI is InChI=1S/C25H32/c1-18-8-10-19(11-9-18)17-25-15-4-7-24(25)23-13-12-20-5-2-3-6-21(20)22(23)14-16-25/h8-12,14,21,23-24H,2-7,13,15-17H2,1H3/t21-,23+,24-,25-/m0/s1. The van der Waals surface area contributed by atoms with Gasteiger partial charge in [-0.1, -0.05) is 66.0 Å². The Morgan fingerprint density at radius 2 is 1.88 bits per heavy atom. The lowest BCUT2D eigenvalue weighted by Crippen LogP contribution is -2.40. The molecular weight excluding hydrogens is 300 g/mol. The van der Waals surface area contributed by atoms with Crippen molar-refractivity contribution in [2.24, 2.45) is 23.2 Å². The van der Waals surface area contributed by atoms with Crippen molar-refractivity contribution in [3.05, 3.63) is 58.7 Å². The average Bonchev–Trinajstić information content (AvgIpc) is 3.07. The molecular formula is C25H32. The van der Waals surface area contributed by atoms with Crippen LogP contribution in [0.15, 0.2) is 47.6 Å². The van der Waals surface area contributed by atoms with Crippen molar-refractivity contribution in [2.45, 2.75) is 71.1 Å². The average molecular weight is 333 g/mol. The Kier molecular flexibility index (Phi) is 3.91. The first-order valence-electron chi connectivity index (χ1n) is 10.7. The van der Waals surface area contributed by atoms with Crippen LogP contribution in [0.25, 0.3) is 0 Å². The second kappa shape index (κ2) is 6.15. The molecule has 0 N–H and O–H groups in total. The van der Waals surface area contributed by atoms with Gasteiger partial charge in [0.15, 0.2) is 0 Å². The second-order valence-electron chi connectivity index (χ2n) is 9.35. The second-order valence-corrected chi connectivity index (χ2v) is 9.35. The zero-order valence-corrected chi connectivity index (χ0v) is 15.8. The smallest absolute Gasteiger partial charge is 0.000991 e. The molecule has 1 aromatic carbocycles. The highest BCUT2D eigenvalue weighted by atomic mass is 14.5. The summed E-state index contributed by atoms with van der Waals surface area (Å²) in [5, 5.41) is 0. The summed E-state index contributed by atoms with van der Waals surface area (Å²) in [4.78, 5) is 0. The van der Waals surface area contributed by atoms with Crippen molar-refractivity contribution in [1.82, 2.24) is 0 Å². The minimum atomic E-state index is 0.559. The van der Waals surface area contributed by atoms with E-state index in [1.54, 1.807) is 11.1 Å². The summed E-state index contributed by atoms with van der Waals surface area (Å²) in [5.74, 6) is 2.65. The van der Waals surface area contributed by atoms with Crippen molar-refractivity contribution in [3.8, 4) is 0 Å². The maximum atomic E-state index is 2.74. The van der Waals surface area contributed by atoms with Crippen molar-refractivity contribution in [3.63, 3.8) is 0 Å². The summed E-state index contributed by atoms with van der Waals surface area (Å²) < 4.78 is 0. The van der Waals surface area contributed by atoms with E-state index in [0.717, 1.165) is 17.8 Å². The van der Waals surface area contributed by atoms with E-state index < -0.39 is 0 Å². The number of benzene rings is 1. The Morgan fingerprint density at radius 1 is 1.00 bits per heavy atom. The molecule has 2 fully saturated rings. The summed E-state index contributed by atoms with van der Waals surface area (Å²) in [5.41, 5.74) is 7.20. The van der Waals surface area contributed by atoms with E-state index in [4.69, 9.17) is 0 Å². The lowest BCUT2D eigenvalue weighted by atomic mass is 9.56. The maximum absolute atomic E-state index is 2.74. The molecule has 0 unspecified atom stereocenters. The fourth-order valence-electron chi connectivity index (χ4n) is 6.80. The van der Waals surface area contributed by atoms with Crippen LogP contribution in [-0.2, 0) is 6.42 Å². The molecule has 0 amide bonds. The first kappa shape index (κ1) is 15.9. The highest BCUT2D eigenvalue weighted by Gasteiger charge is 2.50. The van der Waals surface area contributed by atoms with Crippen LogP contribution in [0.5, 0.6) is 0 Å². The van der Waals surface area contributed by atoms with Crippen LogP contribution in [0, 0.1) is 30.1 Å². The normalized spacial score (nSPS) is 36.8. The van der Waals surface area contributed by atoms with Gasteiger partial charge in [-0.25, -0.2) is 0 Å². The van der Waals surface area contributed by atoms with E-state index in [1.165, 1.54) is 69.8 Å². The van der Waals surface area contributed by atoms with Crippen molar-refractivity contribution in [2.75, 3.05) is 0 Å². The van der Waals surface area contributed by atoms with Crippen LogP contribution in [-0.4, -0.2) is 0 Å². The minimum absolute atomic E-state index is 0.559. The van der Waals surface area contributed by atoms with Crippen LogP contribution >= 0.6 is 0 Å². The predicted octanol–water partition coefficient (Wildman–Crippen LogP) is 6.79. The zero-order chi connectivity index (χ0) is 16.9. The molecule has 1 aromatic rings. The number of fused-ring (bicyclic) bond motifs is 5. The van der Waals surface area contributed by atoms with Gasteiger partial charge in [0.2, 0.25) is 0 Å². The third-order valence-corrected chi connectivity index (χ3v) is 8.00. The minimum Gasteiger partial charge on any atom is -0.0841 e. The molecule has 0 aliphatic heterocycles. The molecule has 4 aliphatic rings. The molecule has 25 heavy (non-hydrogen) atoms. The third kappa shape index (κ3) is 2.64. The molecule has 0 spiro atoms. The van der Waals surface area contributed by atoms with Crippen LogP contribution in [0.1, 0.15) is 68.9 Å². The van der Waals surface area contributed by atoms with Crippen LogP contribution in [0.3, 0.4) is 0 Å². The number of rotatable bonds is 2. The van der Waals surface area contributed by atoms with Gasteiger partial charge >= 0.3 is 0 Å². The van der Waals surface area contributed by atoms with Crippen LogP contribution in [0.4, 0.5) is 0 Å². The van der Waals surface area contributed by atoms with Gasteiger partial charge in [-0.05, 0) is 81.1 Å².